The van der Waals surface area contributed by atoms with Crippen LogP contribution in [0.15, 0.2) is 23.1 Å². The molecule has 0 aromatic heterocycles. The van der Waals surface area contributed by atoms with Gasteiger partial charge >= 0.3 is 5.97 Å². The highest BCUT2D eigenvalue weighted by atomic mass is 35.5. The topological polar surface area (TPSA) is 75.6 Å². The highest BCUT2D eigenvalue weighted by Gasteiger charge is 2.11. The molecule has 0 fully saturated rings. The second-order valence-corrected chi connectivity index (χ2v) is 4.25. The van der Waals surface area contributed by atoms with Crippen molar-refractivity contribution in [3.05, 3.63) is 28.8 Å². The van der Waals surface area contributed by atoms with Gasteiger partial charge in [-0.05, 0) is 24.5 Å². The maximum atomic E-state index is 11.6. The summed E-state index contributed by atoms with van der Waals surface area (Å²) in [5, 5.41) is 8.61. The van der Waals surface area contributed by atoms with Gasteiger partial charge in [0, 0.05) is 4.90 Å². The highest BCUT2D eigenvalue weighted by molar-refractivity contribution is 7.98. The van der Waals surface area contributed by atoms with Gasteiger partial charge in [-0.1, -0.05) is 11.6 Å². The van der Waals surface area contributed by atoms with Crippen molar-refractivity contribution in [2.24, 2.45) is 0 Å². The number of carbonyl (C=O) groups is 2. The predicted octanol–water partition coefficient (Wildman–Crippen LogP) is 1.81. The summed E-state index contributed by atoms with van der Waals surface area (Å²) in [5.41, 5.74) is 2.25. The molecule has 5 nitrogen and oxygen atoms in total. The molecule has 0 spiro atoms. The molecule has 0 aliphatic carbocycles. The lowest BCUT2D eigenvalue weighted by Gasteiger charge is -2.06. The number of carbonyl (C=O) groups excluding carboxylic acids is 1. The third kappa shape index (κ3) is 4.26. The number of rotatable bonds is 5. The molecule has 92 valence electrons. The molecule has 0 bridgehead atoms. The molecule has 0 saturated carbocycles. The van der Waals surface area contributed by atoms with Gasteiger partial charge < -0.3 is 5.11 Å². The number of hydrogen-bond donors (Lipinski definition) is 2. The van der Waals surface area contributed by atoms with Crippen LogP contribution in [0.3, 0.4) is 0 Å². The third-order valence-electron chi connectivity index (χ3n) is 1.78. The Bertz CT molecular complexity index is 438. The Balaban J connectivity index is 2.70. The number of benzene rings is 1. The average Bonchev–Trinajstić information content (AvgIpc) is 2.29. The van der Waals surface area contributed by atoms with Crippen LogP contribution in [0.2, 0.25) is 5.02 Å². The Kier molecular flexibility index (Phi) is 5.27. The predicted molar refractivity (Wildman–Crippen MR) is 64.3 cm³/mol. The number of amides is 1. The van der Waals surface area contributed by atoms with Gasteiger partial charge in [-0.15, -0.1) is 11.8 Å². The monoisotopic (exact) mass is 275 g/mol. The fraction of sp³-hybridized carbons (Fsp3) is 0.200. The molecular weight excluding hydrogens is 266 g/mol. The molecule has 1 aromatic rings. The Labute approximate surface area is 107 Å². The lowest BCUT2D eigenvalue weighted by molar-refractivity contribution is -0.144. The van der Waals surface area contributed by atoms with Crippen LogP contribution in [-0.4, -0.2) is 29.8 Å². The molecule has 7 heteroatoms. The van der Waals surface area contributed by atoms with Crippen molar-refractivity contribution in [3.63, 3.8) is 0 Å². The first kappa shape index (κ1) is 13.8. The number of aliphatic carboxylic acids is 1. The molecule has 17 heavy (non-hydrogen) atoms. The first-order valence-electron chi connectivity index (χ1n) is 4.52. The summed E-state index contributed by atoms with van der Waals surface area (Å²) >= 11 is 7.31. The van der Waals surface area contributed by atoms with Gasteiger partial charge in [-0.2, -0.15) is 0 Å². The van der Waals surface area contributed by atoms with Crippen molar-refractivity contribution < 1.29 is 19.5 Å². The number of thioether (sulfide) groups is 1. The van der Waals surface area contributed by atoms with Gasteiger partial charge in [0.05, 0.1) is 10.6 Å². The quantitative estimate of drug-likeness (QED) is 0.633. The van der Waals surface area contributed by atoms with Crippen molar-refractivity contribution in [2.45, 2.75) is 4.90 Å². The Morgan fingerprint density at radius 3 is 2.82 bits per heavy atom. The molecule has 0 unspecified atom stereocenters. The smallest absolute Gasteiger partial charge is 0.332 e. The number of hydrogen-bond acceptors (Lipinski definition) is 4. The fourth-order valence-corrected chi connectivity index (χ4v) is 1.67. The van der Waals surface area contributed by atoms with Crippen LogP contribution in [0.5, 0.6) is 0 Å². The molecule has 0 radical (unpaired) electrons. The van der Waals surface area contributed by atoms with Crippen molar-refractivity contribution in [1.29, 1.82) is 0 Å². The van der Waals surface area contributed by atoms with E-state index < -0.39 is 18.5 Å². The third-order valence-corrected chi connectivity index (χ3v) is 2.83. The fourth-order valence-electron chi connectivity index (χ4n) is 1.02. The van der Waals surface area contributed by atoms with Gasteiger partial charge in [-0.3, -0.25) is 9.63 Å². The van der Waals surface area contributed by atoms with Crippen molar-refractivity contribution in [2.75, 3.05) is 12.9 Å². The van der Waals surface area contributed by atoms with E-state index in [-0.39, 0.29) is 10.6 Å². The summed E-state index contributed by atoms with van der Waals surface area (Å²) in [5.74, 6) is -1.75. The second kappa shape index (κ2) is 6.48. The summed E-state index contributed by atoms with van der Waals surface area (Å²) in [4.78, 5) is 27.1. The van der Waals surface area contributed by atoms with E-state index >= 15 is 0 Å². The van der Waals surface area contributed by atoms with Crippen LogP contribution in [0, 0.1) is 0 Å². The number of hydroxylamine groups is 1. The van der Waals surface area contributed by atoms with E-state index in [4.69, 9.17) is 16.7 Å². The molecule has 0 aliphatic heterocycles. The molecule has 0 heterocycles. The van der Waals surface area contributed by atoms with E-state index in [1.54, 1.807) is 18.2 Å². The minimum Gasteiger partial charge on any atom is -0.479 e. The summed E-state index contributed by atoms with van der Waals surface area (Å²) in [7, 11) is 0. The summed E-state index contributed by atoms with van der Waals surface area (Å²) < 4.78 is 0. The lowest BCUT2D eigenvalue weighted by atomic mass is 10.2. The molecular formula is C10H10ClNO4S. The molecule has 2 N–H and O–H groups in total. The Hall–Kier alpha value is -1.24. The van der Waals surface area contributed by atoms with E-state index in [2.05, 4.69) is 4.84 Å². The zero-order valence-electron chi connectivity index (χ0n) is 8.90. The van der Waals surface area contributed by atoms with E-state index in [1.165, 1.54) is 11.8 Å². The SMILES string of the molecule is CSc1ccc(Cl)c(C(=O)NOCC(=O)O)c1. The molecule has 0 aliphatic rings. The minimum atomic E-state index is -1.17. The van der Waals surface area contributed by atoms with Crippen LogP contribution in [-0.2, 0) is 9.63 Å². The van der Waals surface area contributed by atoms with Crippen LogP contribution in [0.1, 0.15) is 10.4 Å². The van der Waals surface area contributed by atoms with Gasteiger partial charge in [0.2, 0.25) is 0 Å². The molecule has 0 saturated heterocycles. The summed E-state index contributed by atoms with van der Waals surface area (Å²) in [6, 6.07) is 4.98. The average molecular weight is 276 g/mol. The molecule has 1 amide bonds. The van der Waals surface area contributed by atoms with E-state index in [9.17, 15) is 9.59 Å². The molecule has 1 aromatic carbocycles. The standard InChI is InChI=1S/C10H10ClNO4S/c1-17-6-2-3-8(11)7(4-6)10(15)12-16-5-9(13)14/h2-4H,5H2,1H3,(H,12,15)(H,13,14). The van der Waals surface area contributed by atoms with Gasteiger partial charge in [-0.25, -0.2) is 10.3 Å². The molecule has 1 rings (SSSR count). The van der Waals surface area contributed by atoms with E-state index in [1.807, 2.05) is 11.7 Å². The van der Waals surface area contributed by atoms with Crippen LogP contribution >= 0.6 is 23.4 Å². The first-order valence-corrected chi connectivity index (χ1v) is 6.12. The normalized spacial score (nSPS) is 10.0. The largest absolute Gasteiger partial charge is 0.479 e. The maximum Gasteiger partial charge on any atom is 0.332 e. The number of nitrogens with one attached hydrogen (secondary N) is 1. The molecule has 0 atom stereocenters. The minimum absolute atomic E-state index is 0.240. The highest BCUT2D eigenvalue weighted by Crippen LogP contribution is 2.22. The van der Waals surface area contributed by atoms with Gasteiger partial charge in [0.15, 0.2) is 6.61 Å². The van der Waals surface area contributed by atoms with Crippen molar-refractivity contribution >= 4 is 35.2 Å². The van der Waals surface area contributed by atoms with Crippen LogP contribution < -0.4 is 5.48 Å². The Morgan fingerprint density at radius 1 is 1.53 bits per heavy atom. The zero-order valence-corrected chi connectivity index (χ0v) is 10.5. The van der Waals surface area contributed by atoms with Gasteiger partial charge in [0.25, 0.3) is 5.91 Å². The number of carboxylic acids is 1. The summed E-state index contributed by atoms with van der Waals surface area (Å²) in [6.45, 7) is -0.606. The van der Waals surface area contributed by atoms with E-state index in [0.717, 1.165) is 4.90 Å². The van der Waals surface area contributed by atoms with Crippen molar-refractivity contribution in [1.82, 2.24) is 5.48 Å². The van der Waals surface area contributed by atoms with Crippen LogP contribution in [0.25, 0.3) is 0 Å². The van der Waals surface area contributed by atoms with Crippen molar-refractivity contribution in [3.8, 4) is 0 Å². The first-order chi connectivity index (χ1) is 8.04. The number of carboxylic acid groups (broad SMARTS) is 1. The summed E-state index contributed by atoms with van der Waals surface area (Å²) in [6.07, 6.45) is 1.87. The van der Waals surface area contributed by atoms with Gasteiger partial charge in [0.1, 0.15) is 0 Å². The van der Waals surface area contributed by atoms with E-state index in [0.29, 0.717) is 0 Å². The van der Waals surface area contributed by atoms with Crippen LogP contribution in [0.4, 0.5) is 0 Å². The zero-order chi connectivity index (χ0) is 12.8. The number of halogens is 1. The lowest BCUT2D eigenvalue weighted by Crippen LogP contribution is -2.26. The maximum absolute atomic E-state index is 11.6. The second-order valence-electron chi connectivity index (χ2n) is 2.96. The Morgan fingerprint density at radius 2 is 2.24 bits per heavy atom.